The molecular weight excluding hydrogens is 204 g/mol. The van der Waals surface area contributed by atoms with Crippen LogP contribution in [0.3, 0.4) is 0 Å². The first-order valence-corrected chi connectivity index (χ1v) is 7.70. The van der Waals surface area contributed by atoms with E-state index < -0.39 is 0 Å². The van der Waals surface area contributed by atoms with Gasteiger partial charge in [-0.2, -0.15) is 0 Å². The third-order valence-electron chi connectivity index (χ3n) is 6.67. The highest BCUT2D eigenvalue weighted by Crippen LogP contribution is 2.62. The number of hydrogen-bond acceptors (Lipinski definition) is 0. The van der Waals surface area contributed by atoms with Gasteiger partial charge in [0.2, 0.25) is 0 Å². The molecule has 0 saturated heterocycles. The van der Waals surface area contributed by atoms with Gasteiger partial charge in [-0.25, -0.2) is 0 Å². The molecule has 0 heteroatoms. The Hall–Kier alpha value is 0. The van der Waals surface area contributed by atoms with Gasteiger partial charge in [0.15, 0.2) is 0 Å². The van der Waals surface area contributed by atoms with E-state index in [0.29, 0.717) is 10.8 Å². The predicted molar refractivity (Wildman–Crippen MR) is 78.1 cm³/mol. The molecular formula is C17H34. The molecule has 0 aromatic rings. The van der Waals surface area contributed by atoms with Crippen LogP contribution in [-0.2, 0) is 0 Å². The van der Waals surface area contributed by atoms with Gasteiger partial charge < -0.3 is 0 Å². The fraction of sp³-hybridized carbons (Fsp3) is 1.00. The minimum absolute atomic E-state index is 0.441. The van der Waals surface area contributed by atoms with E-state index >= 15 is 0 Å². The largest absolute Gasteiger partial charge is 0.0651 e. The summed E-state index contributed by atoms with van der Waals surface area (Å²) in [6.07, 6.45) is 4.16. The van der Waals surface area contributed by atoms with Gasteiger partial charge in [0.05, 0.1) is 0 Å². The molecule has 102 valence electrons. The predicted octanol–water partition coefficient (Wildman–Crippen LogP) is 5.77. The zero-order valence-electron chi connectivity index (χ0n) is 13.4. The molecule has 17 heavy (non-hydrogen) atoms. The van der Waals surface area contributed by atoms with Crippen molar-refractivity contribution < 1.29 is 0 Å². The van der Waals surface area contributed by atoms with E-state index in [1.54, 1.807) is 0 Å². The first-order valence-electron chi connectivity index (χ1n) is 7.70. The Balaban J connectivity index is 2.81. The van der Waals surface area contributed by atoms with Gasteiger partial charge in [-0.15, -0.1) is 0 Å². The second kappa shape index (κ2) is 4.94. The Bertz CT molecular complexity index is 249. The van der Waals surface area contributed by atoms with E-state index in [9.17, 15) is 0 Å². The molecule has 0 spiro atoms. The third-order valence-corrected chi connectivity index (χ3v) is 6.67. The smallest absolute Gasteiger partial charge is 0.0269 e. The van der Waals surface area contributed by atoms with Gasteiger partial charge in [-0.05, 0) is 40.9 Å². The van der Waals surface area contributed by atoms with Crippen LogP contribution in [0, 0.1) is 34.5 Å². The molecule has 1 saturated carbocycles. The van der Waals surface area contributed by atoms with Crippen LogP contribution in [0.25, 0.3) is 0 Å². The molecule has 0 heterocycles. The molecule has 0 N–H and O–H groups in total. The summed E-state index contributed by atoms with van der Waals surface area (Å²) in [6, 6.07) is 0. The van der Waals surface area contributed by atoms with Crippen molar-refractivity contribution in [1.82, 2.24) is 0 Å². The standard InChI is InChI=1S/C17H34/c1-9-12(3)13(4)16(5,6)17(7,8)15-11-14(15)10-2/h12-15H,9-11H2,1-8H3. The molecule has 1 rings (SSSR count). The van der Waals surface area contributed by atoms with E-state index in [0.717, 1.165) is 23.7 Å². The second-order valence-corrected chi connectivity index (χ2v) is 7.63. The molecule has 0 radical (unpaired) electrons. The maximum absolute atomic E-state index is 2.52. The van der Waals surface area contributed by atoms with Crippen molar-refractivity contribution in [3.8, 4) is 0 Å². The van der Waals surface area contributed by atoms with Crippen LogP contribution in [0.5, 0.6) is 0 Å². The van der Waals surface area contributed by atoms with Crippen molar-refractivity contribution in [3.05, 3.63) is 0 Å². The number of rotatable bonds is 6. The number of hydrogen-bond donors (Lipinski definition) is 0. The zero-order chi connectivity index (χ0) is 13.4. The Labute approximate surface area is 110 Å². The van der Waals surface area contributed by atoms with Crippen LogP contribution in [0.4, 0.5) is 0 Å². The highest BCUT2D eigenvalue weighted by molar-refractivity contribution is 5.03. The lowest BCUT2D eigenvalue weighted by Gasteiger charge is -2.49. The van der Waals surface area contributed by atoms with Crippen molar-refractivity contribution in [3.63, 3.8) is 0 Å². The third kappa shape index (κ3) is 2.56. The topological polar surface area (TPSA) is 0 Å². The summed E-state index contributed by atoms with van der Waals surface area (Å²) in [5.74, 6) is 3.62. The van der Waals surface area contributed by atoms with Crippen molar-refractivity contribution in [2.75, 3.05) is 0 Å². The van der Waals surface area contributed by atoms with Gasteiger partial charge in [0, 0.05) is 0 Å². The highest BCUT2D eigenvalue weighted by atomic mass is 14.6. The van der Waals surface area contributed by atoms with Gasteiger partial charge in [0.25, 0.3) is 0 Å². The van der Waals surface area contributed by atoms with Crippen molar-refractivity contribution >= 4 is 0 Å². The summed E-state index contributed by atoms with van der Waals surface area (Å²) in [6.45, 7) is 19.6. The Kier molecular flexibility index (Phi) is 4.37. The van der Waals surface area contributed by atoms with E-state index in [1.165, 1.54) is 19.3 Å². The van der Waals surface area contributed by atoms with Gasteiger partial charge in [-0.3, -0.25) is 0 Å². The van der Waals surface area contributed by atoms with Crippen molar-refractivity contribution in [2.45, 2.75) is 74.7 Å². The Morgan fingerprint density at radius 2 is 1.59 bits per heavy atom. The zero-order valence-corrected chi connectivity index (χ0v) is 13.4. The van der Waals surface area contributed by atoms with E-state index in [4.69, 9.17) is 0 Å². The average Bonchev–Trinajstić information content (AvgIpc) is 3.06. The molecule has 1 aliphatic carbocycles. The molecule has 1 aliphatic rings. The minimum atomic E-state index is 0.441. The molecule has 0 aromatic carbocycles. The summed E-state index contributed by atoms with van der Waals surface area (Å²) in [5.41, 5.74) is 0.924. The lowest BCUT2D eigenvalue weighted by atomic mass is 9.56. The molecule has 0 bridgehead atoms. The van der Waals surface area contributed by atoms with Crippen LogP contribution in [0.1, 0.15) is 74.7 Å². The quantitative estimate of drug-likeness (QED) is 0.551. The van der Waals surface area contributed by atoms with Crippen LogP contribution in [-0.4, -0.2) is 0 Å². The molecule has 1 fully saturated rings. The molecule has 0 aromatic heterocycles. The SMILES string of the molecule is CCC(C)C(C)C(C)(C)C(C)(C)C1CC1CC. The lowest BCUT2D eigenvalue weighted by molar-refractivity contribution is -0.00164. The first-order chi connectivity index (χ1) is 7.70. The summed E-state index contributed by atoms with van der Waals surface area (Å²) in [5, 5.41) is 0. The Morgan fingerprint density at radius 3 is 1.94 bits per heavy atom. The van der Waals surface area contributed by atoms with E-state index in [-0.39, 0.29) is 0 Å². The second-order valence-electron chi connectivity index (χ2n) is 7.63. The van der Waals surface area contributed by atoms with Gasteiger partial charge in [-0.1, -0.05) is 68.2 Å². The average molecular weight is 238 g/mol. The molecule has 4 atom stereocenters. The maximum Gasteiger partial charge on any atom is -0.0269 e. The van der Waals surface area contributed by atoms with Crippen LogP contribution >= 0.6 is 0 Å². The first kappa shape index (κ1) is 15.1. The van der Waals surface area contributed by atoms with Crippen LogP contribution in [0.2, 0.25) is 0 Å². The Morgan fingerprint density at radius 1 is 1.06 bits per heavy atom. The van der Waals surface area contributed by atoms with E-state index in [1.807, 2.05) is 0 Å². The van der Waals surface area contributed by atoms with Gasteiger partial charge >= 0.3 is 0 Å². The van der Waals surface area contributed by atoms with Crippen molar-refractivity contribution in [1.29, 1.82) is 0 Å². The molecule has 0 nitrogen and oxygen atoms in total. The van der Waals surface area contributed by atoms with Crippen LogP contribution in [0.15, 0.2) is 0 Å². The summed E-state index contributed by atoms with van der Waals surface area (Å²) < 4.78 is 0. The molecule has 0 aliphatic heterocycles. The highest BCUT2D eigenvalue weighted by Gasteiger charge is 2.54. The fourth-order valence-corrected chi connectivity index (χ4v) is 3.71. The lowest BCUT2D eigenvalue weighted by Crippen LogP contribution is -2.42. The van der Waals surface area contributed by atoms with E-state index in [2.05, 4.69) is 55.4 Å². The maximum atomic E-state index is 2.52. The fourth-order valence-electron chi connectivity index (χ4n) is 3.71. The summed E-state index contributed by atoms with van der Waals surface area (Å²) in [4.78, 5) is 0. The normalized spacial score (nSPS) is 28.9. The molecule has 4 unspecified atom stereocenters. The van der Waals surface area contributed by atoms with Crippen LogP contribution < -0.4 is 0 Å². The summed E-state index contributed by atoms with van der Waals surface area (Å²) >= 11 is 0. The monoisotopic (exact) mass is 238 g/mol. The van der Waals surface area contributed by atoms with Crippen molar-refractivity contribution in [2.24, 2.45) is 34.5 Å². The minimum Gasteiger partial charge on any atom is -0.0651 e. The molecule has 0 amide bonds. The summed E-state index contributed by atoms with van der Waals surface area (Å²) in [7, 11) is 0. The van der Waals surface area contributed by atoms with Gasteiger partial charge in [0.1, 0.15) is 0 Å².